The van der Waals surface area contributed by atoms with Crippen molar-refractivity contribution < 1.29 is 9.66 Å². The first-order valence-electron chi connectivity index (χ1n) is 8.14. The van der Waals surface area contributed by atoms with Gasteiger partial charge in [0, 0.05) is 12.6 Å². The Morgan fingerprint density at radius 3 is 3.04 bits per heavy atom. The number of hydrogen-bond donors (Lipinski definition) is 1. The minimum absolute atomic E-state index is 0.0355. The van der Waals surface area contributed by atoms with Crippen LogP contribution < -0.4 is 5.32 Å². The van der Waals surface area contributed by atoms with E-state index in [0.29, 0.717) is 36.6 Å². The summed E-state index contributed by atoms with van der Waals surface area (Å²) in [5.41, 5.74) is 0.559. The zero-order chi connectivity index (χ0) is 16.2. The molecule has 0 aliphatic heterocycles. The molecule has 0 bridgehead atoms. The van der Waals surface area contributed by atoms with Crippen molar-refractivity contribution in [2.75, 3.05) is 18.5 Å². The van der Waals surface area contributed by atoms with E-state index in [1.54, 1.807) is 18.3 Å². The van der Waals surface area contributed by atoms with Gasteiger partial charge in [-0.25, -0.2) is 0 Å². The number of fused-ring (bicyclic) bond motifs is 1. The molecule has 0 radical (unpaired) electrons. The fourth-order valence-electron chi connectivity index (χ4n) is 3.19. The number of nitrogens with one attached hydrogen (secondary N) is 1. The van der Waals surface area contributed by atoms with Gasteiger partial charge < -0.3 is 20.2 Å². The lowest BCUT2D eigenvalue weighted by Gasteiger charge is -2.28. The molecular formula is C16H22N4O3. The highest BCUT2D eigenvalue weighted by Gasteiger charge is 2.23. The average Bonchev–Trinajstić information content (AvgIpc) is 2.91. The third-order valence-corrected chi connectivity index (χ3v) is 4.44. The van der Waals surface area contributed by atoms with Crippen LogP contribution in [0.25, 0.3) is 5.65 Å². The molecule has 7 heteroatoms. The number of aromatic nitrogens is 2. The topological polar surface area (TPSA) is 81.7 Å². The molecule has 2 aromatic heterocycles. The molecule has 3 rings (SSSR count). The van der Waals surface area contributed by atoms with E-state index in [0.717, 1.165) is 6.42 Å². The number of rotatable bonds is 6. The summed E-state index contributed by atoms with van der Waals surface area (Å²) >= 11 is 0. The summed E-state index contributed by atoms with van der Waals surface area (Å²) in [6.07, 6.45) is 6.78. The van der Waals surface area contributed by atoms with Crippen molar-refractivity contribution in [2.45, 2.75) is 38.7 Å². The number of ether oxygens (including phenoxy) is 1. The van der Waals surface area contributed by atoms with E-state index < -0.39 is 4.92 Å². The van der Waals surface area contributed by atoms with E-state index in [9.17, 15) is 10.1 Å². The highest BCUT2D eigenvalue weighted by atomic mass is 16.6. The highest BCUT2D eigenvalue weighted by molar-refractivity contribution is 5.62. The van der Waals surface area contributed by atoms with Crippen LogP contribution in [0.15, 0.2) is 24.4 Å². The smallest absolute Gasteiger partial charge is 0.372 e. The Kier molecular flexibility index (Phi) is 4.76. The van der Waals surface area contributed by atoms with Gasteiger partial charge in [0.2, 0.25) is 11.5 Å². The SMILES string of the molecule is C[C@@H]1CCCC[C@@H]1OCCNc1nc2ccccn2c1[N+](=O)[O-]. The molecule has 23 heavy (non-hydrogen) atoms. The first-order valence-corrected chi connectivity index (χ1v) is 8.14. The van der Waals surface area contributed by atoms with E-state index in [1.807, 2.05) is 6.07 Å². The standard InChI is InChI=1S/C16H22N4O3/c1-12-6-2-3-7-13(12)23-11-9-17-15-16(20(21)22)19-10-5-4-8-14(19)18-15/h4-5,8,10,12-13,17H,2-3,6-7,9,11H2,1H3/t12-,13+/m1/s1. The fourth-order valence-corrected chi connectivity index (χ4v) is 3.19. The second kappa shape index (κ2) is 6.95. The van der Waals surface area contributed by atoms with Crippen molar-refractivity contribution in [3.8, 4) is 0 Å². The number of anilines is 1. The number of nitrogens with zero attached hydrogens (tertiary/aromatic N) is 3. The van der Waals surface area contributed by atoms with Gasteiger partial charge in [-0.3, -0.25) is 0 Å². The summed E-state index contributed by atoms with van der Waals surface area (Å²) in [6, 6.07) is 5.31. The number of nitro groups is 1. The second-order valence-corrected chi connectivity index (χ2v) is 6.07. The molecule has 0 unspecified atom stereocenters. The first-order chi connectivity index (χ1) is 11.2. The van der Waals surface area contributed by atoms with Crippen LogP contribution in [0, 0.1) is 16.0 Å². The Morgan fingerprint density at radius 2 is 2.26 bits per heavy atom. The predicted octanol–water partition coefficient (Wildman–Crippen LogP) is 3.25. The molecule has 7 nitrogen and oxygen atoms in total. The lowest BCUT2D eigenvalue weighted by atomic mass is 9.88. The van der Waals surface area contributed by atoms with Gasteiger partial charge in [0.1, 0.15) is 0 Å². The van der Waals surface area contributed by atoms with E-state index in [-0.39, 0.29) is 5.82 Å². The second-order valence-electron chi connectivity index (χ2n) is 6.07. The van der Waals surface area contributed by atoms with Crippen LogP contribution in [-0.4, -0.2) is 33.6 Å². The molecule has 2 aromatic rings. The van der Waals surface area contributed by atoms with Gasteiger partial charge in [0.15, 0.2) is 0 Å². The zero-order valence-electron chi connectivity index (χ0n) is 13.3. The number of pyridine rings is 1. The fraction of sp³-hybridized carbons (Fsp3) is 0.562. The Balaban J connectivity index is 1.61. The van der Waals surface area contributed by atoms with Crippen molar-refractivity contribution in [1.82, 2.24) is 9.38 Å². The van der Waals surface area contributed by atoms with Gasteiger partial charge in [0.05, 0.1) is 18.9 Å². The molecule has 0 spiro atoms. The Bertz CT molecular complexity index is 685. The molecule has 0 saturated heterocycles. The summed E-state index contributed by atoms with van der Waals surface area (Å²) in [7, 11) is 0. The number of hydrogen-bond acceptors (Lipinski definition) is 5. The van der Waals surface area contributed by atoms with Crippen LogP contribution in [0.1, 0.15) is 32.6 Å². The van der Waals surface area contributed by atoms with Crippen LogP contribution in [0.2, 0.25) is 0 Å². The van der Waals surface area contributed by atoms with E-state index in [2.05, 4.69) is 17.2 Å². The third kappa shape index (κ3) is 3.44. The maximum atomic E-state index is 11.3. The molecule has 1 aliphatic rings. The van der Waals surface area contributed by atoms with E-state index in [4.69, 9.17) is 4.74 Å². The summed E-state index contributed by atoms with van der Waals surface area (Å²) in [5.74, 6) is 0.849. The van der Waals surface area contributed by atoms with Crippen LogP contribution in [0.3, 0.4) is 0 Å². The minimum atomic E-state index is -0.410. The van der Waals surface area contributed by atoms with Crippen LogP contribution >= 0.6 is 0 Å². The number of imidazole rings is 1. The lowest BCUT2D eigenvalue weighted by molar-refractivity contribution is -0.389. The summed E-state index contributed by atoms with van der Waals surface area (Å²) < 4.78 is 7.40. The molecule has 124 valence electrons. The lowest BCUT2D eigenvalue weighted by Crippen LogP contribution is -2.27. The van der Waals surface area contributed by atoms with Crippen molar-refractivity contribution in [3.05, 3.63) is 34.5 Å². The van der Waals surface area contributed by atoms with Crippen molar-refractivity contribution >= 4 is 17.3 Å². The Hall–Kier alpha value is -2.15. The molecule has 1 fully saturated rings. The molecule has 0 aromatic carbocycles. The summed E-state index contributed by atoms with van der Waals surface area (Å²) in [6.45, 7) is 3.26. The first kappa shape index (κ1) is 15.7. The minimum Gasteiger partial charge on any atom is -0.376 e. The van der Waals surface area contributed by atoms with Gasteiger partial charge in [-0.2, -0.15) is 9.38 Å². The predicted molar refractivity (Wildman–Crippen MR) is 87.7 cm³/mol. The molecule has 1 N–H and O–H groups in total. The monoisotopic (exact) mass is 318 g/mol. The molecule has 2 atom stereocenters. The van der Waals surface area contributed by atoms with Crippen molar-refractivity contribution in [1.29, 1.82) is 0 Å². The normalized spacial score (nSPS) is 21.4. The molecular weight excluding hydrogens is 296 g/mol. The summed E-state index contributed by atoms with van der Waals surface area (Å²) in [4.78, 5) is 15.2. The van der Waals surface area contributed by atoms with E-state index in [1.165, 1.54) is 23.7 Å². The van der Waals surface area contributed by atoms with Crippen LogP contribution in [-0.2, 0) is 4.74 Å². The van der Waals surface area contributed by atoms with Crippen molar-refractivity contribution in [3.63, 3.8) is 0 Å². The summed E-state index contributed by atoms with van der Waals surface area (Å²) in [5, 5.41) is 14.3. The largest absolute Gasteiger partial charge is 0.376 e. The average molecular weight is 318 g/mol. The maximum absolute atomic E-state index is 11.3. The van der Waals surface area contributed by atoms with Crippen LogP contribution in [0.4, 0.5) is 11.6 Å². The Labute approximate surface area is 134 Å². The van der Waals surface area contributed by atoms with Gasteiger partial charge >= 0.3 is 5.82 Å². The molecule has 1 saturated carbocycles. The van der Waals surface area contributed by atoms with Crippen molar-refractivity contribution in [2.24, 2.45) is 5.92 Å². The molecule has 1 aliphatic carbocycles. The van der Waals surface area contributed by atoms with Gasteiger partial charge in [0.25, 0.3) is 0 Å². The van der Waals surface area contributed by atoms with Gasteiger partial charge in [-0.15, -0.1) is 0 Å². The third-order valence-electron chi connectivity index (χ3n) is 4.44. The highest BCUT2D eigenvalue weighted by Crippen LogP contribution is 2.27. The van der Waals surface area contributed by atoms with E-state index >= 15 is 0 Å². The van der Waals surface area contributed by atoms with Gasteiger partial charge in [-0.05, 0) is 29.7 Å². The molecule has 0 amide bonds. The molecule has 2 heterocycles. The van der Waals surface area contributed by atoms with Gasteiger partial charge in [-0.1, -0.05) is 25.8 Å². The zero-order valence-corrected chi connectivity index (χ0v) is 13.3. The Morgan fingerprint density at radius 1 is 1.43 bits per heavy atom. The quantitative estimate of drug-likeness (QED) is 0.502. The van der Waals surface area contributed by atoms with Crippen LogP contribution in [0.5, 0.6) is 0 Å². The maximum Gasteiger partial charge on any atom is 0.372 e.